The van der Waals surface area contributed by atoms with Crippen molar-refractivity contribution in [1.29, 1.82) is 0 Å². The fourth-order valence-corrected chi connectivity index (χ4v) is 5.73. The first-order valence-corrected chi connectivity index (χ1v) is 10.7. The topological polar surface area (TPSA) is 75.4 Å². The molecule has 2 saturated carbocycles. The number of aromatic nitrogens is 1. The highest BCUT2D eigenvalue weighted by atomic mass is 16.3. The molecule has 2 bridgehead atoms. The van der Waals surface area contributed by atoms with Crippen LogP contribution in [0.2, 0.25) is 0 Å². The van der Waals surface area contributed by atoms with Crippen molar-refractivity contribution in [3.63, 3.8) is 0 Å². The highest BCUT2D eigenvalue weighted by Gasteiger charge is 2.43. The van der Waals surface area contributed by atoms with Crippen LogP contribution in [0.15, 0.2) is 41.1 Å². The van der Waals surface area contributed by atoms with Gasteiger partial charge in [0.1, 0.15) is 0 Å². The summed E-state index contributed by atoms with van der Waals surface area (Å²) in [7, 11) is 0. The lowest BCUT2D eigenvalue weighted by atomic mass is 9.83. The van der Waals surface area contributed by atoms with Gasteiger partial charge in [0.2, 0.25) is 5.91 Å². The normalized spacial score (nSPS) is 28.8. The summed E-state index contributed by atoms with van der Waals surface area (Å²) in [6.45, 7) is 2.89. The van der Waals surface area contributed by atoms with Gasteiger partial charge in [-0.25, -0.2) is 0 Å². The fraction of sp³-hybridized carbons (Fsp3) is 0.522. The van der Waals surface area contributed by atoms with E-state index in [-0.39, 0.29) is 17.9 Å². The number of nitrogens with zero attached hydrogens (tertiary/aromatic N) is 2. The summed E-state index contributed by atoms with van der Waals surface area (Å²) in [5, 5.41) is 3.27. The number of fused-ring (bicyclic) bond motifs is 3. The van der Waals surface area contributed by atoms with Gasteiger partial charge in [0.25, 0.3) is 5.91 Å². The molecule has 6 heteroatoms. The predicted molar refractivity (Wildman–Crippen MR) is 107 cm³/mol. The molecule has 2 aromatic rings. The Morgan fingerprint density at radius 3 is 2.86 bits per heavy atom. The van der Waals surface area contributed by atoms with E-state index >= 15 is 0 Å². The average molecular weight is 393 g/mol. The lowest BCUT2D eigenvalue weighted by molar-refractivity contribution is -0.124. The Morgan fingerprint density at radius 2 is 2.14 bits per heavy atom. The van der Waals surface area contributed by atoms with E-state index in [1.54, 1.807) is 23.2 Å². The number of amides is 2. The van der Waals surface area contributed by atoms with Gasteiger partial charge in [0.15, 0.2) is 5.76 Å². The molecule has 3 heterocycles. The Bertz CT molecular complexity index is 910. The molecule has 2 aliphatic carbocycles. The Kier molecular flexibility index (Phi) is 4.64. The number of carbonyl (C=O) groups excluding carboxylic acids is 2. The summed E-state index contributed by atoms with van der Waals surface area (Å²) in [5.74, 6) is 1.80. The summed E-state index contributed by atoms with van der Waals surface area (Å²) in [5.41, 5.74) is 1.71. The van der Waals surface area contributed by atoms with Crippen molar-refractivity contribution in [3.05, 3.63) is 53.7 Å². The van der Waals surface area contributed by atoms with Gasteiger partial charge < -0.3 is 14.6 Å². The van der Waals surface area contributed by atoms with Crippen LogP contribution in [-0.4, -0.2) is 34.3 Å². The van der Waals surface area contributed by atoms with Gasteiger partial charge in [-0.3, -0.25) is 14.6 Å². The van der Waals surface area contributed by atoms with Crippen molar-refractivity contribution < 1.29 is 14.0 Å². The molecular weight excluding hydrogens is 366 g/mol. The van der Waals surface area contributed by atoms with E-state index in [2.05, 4.69) is 17.2 Å². The van der Waals surface area contributed by atoms with Crippen LogP contribution in [0.4, 0.5) is 0 Å². The first kappa shape index (κ1) is 18.4. The van der Waals surface area contributed by atoms with E-state index in [9.17, 15) is 9.59 Å². The van der Waals surface area contributed by atoms with Gasteiger partial charge >= 0.3 is 0 Å². The summed E-state index contributed by atoms with van der Waals surface area (Å²) >= 11 is 0. The minimum absolute atomic E-state index is 0.0304. The molecule has 2 aromatic heterocycles. The molecule has 2 fully saturated rings. The monoisotopic (exact) mass is 393 g/mol. The zero-order chi connectivity index (χ0) is 20.0. The van der Waals surface area contributed by atoms with Crippen LogP contribution in [0.25, 0.3) is 0 Å². The minimum Gasteiger partial charge on any atom is -0.459 e. The van der Waals surface area contributed by atoms with Gasteiger partial charge in [-0.15, -0.1) is 0 Å². The van der Waals surface area contributed by atoms with E-state index in [0.717, 1.165) is 23.1 Å². The Labute approximate surface area is 170 Å². The average Bonchev–Trinajstić information content (AvgIpc) is 3.50. The molecular formula is C23H27N3O3. The Hall–Kier alpha value is -2.63. The van der Waals surface area contributed by atoms with E-state index in [1.165, 1.54) is 31.9 Å². The largest absolute Gasteiger partial charge is 0.459 e. The number of pyridine rings is 1. The van der Waals surface area contributed by atoms with Crippen molar-refractivity contribution in [3.8, 4) is 0 Å². The number of carbonyl (C=O) groups is 2. The third-order valence-corrected chi connectivity index (χ3v) is 7.16. The summed E-state index contributed by atoms with van der Waals surface area (Å²) in [4.78, 5) is 32.3. The summed E-state index contributed by atoms with van der Waals surface area (Å²) in [6, 6.07) is 7.32. The third-order valence-electron chi connectivity index (χ3n) is 7.16. The predicted octanol–water partition coefficient (Wildman–Crippen LogP) is 3.36. The van der Waals surface area contributed by atoms with Gasteiger partial charge in [-0.05, 0) is 67.7 Å². The van der Waals surface area contributed by atoms with Crippen molar-refractivity contribution in [2.75, 3.05) is 6.54 Å². The number of hydrogen-bond donors (Lipinski definition) is 1. The maximum absolute atomic E-state index is 13.3. The SMILES string of the molecule is CC(NC(=O)C1CN(C(=O)c2ccco2)Cc2cccnc21)C1CC2CCC1C2. The Balaban J connectivity index is 1.34. The van der Waals surface area contributed by atoms with Crippen LogP contribution in [0.5, 0.6) is 0 Å². The third kappa shape index (κ3) is 3.34. The van der Waals surface area contributed by atoms with Crippen LogP contribution in [0.1, 0.15) is 60.3 Å². The van der Waals surface area contributed by atoms with E-state index in [4.69, 9.17) is 4.42 Å². The molecule has 2 amide bonds. The maximum atomic E-state index is 13.3. The second kappa shape index (κ2) is 7.32. The molecule has 5 rings (SSSR count). The van der Waals surface area contributed by atoms with Crippen molar-refractivity contribution in [1.82, 2.24) is 15.2 Å². The standard InChI is InChI=1S/C23H27N3O3/c1-14(18-11-15-6-7-16(18)10-15)25-22(27)19-13-26(23(28)20-5-3-9-29-20)12-17-4-2-8-24-21(17)19/h2-5,8-9,14-16,18-19H,6-7,10-13H2,1H3,(H,25,27). The molecule has 5 unspecified atom stereocenters. The first-order chi connectivity index (χ1) is 14.1. The van der Waals surface area contributed by atoms with Gasteiger partial charge in [0, 0.05) is 25.3 Å². The van der Waals surface area contributed by atoms with E-state index < -0.39 is 5.92 Å². The van der Waals surface area contributed by atoms with Crippen molar-refractivity contribution in [2.45, 2.75) is 51.1 Å². The van der Waals surface area contributed by atoms with Gasteiger partial charge in [0.05, 0.1) is 17.9 Å². The van der Waals surface area contributed by atoms with Crippen LogP contribution < -0.4 is 5.32 Å². The second-order valence-corrected chi connectivity index (χ2v) is 8.90. The fourth-order valence-electron chi connectivity index (χ4n) is 5.73. The molecule has 5 atom stereocenters. The molecule has 29 heavy (non-hydrogen) atoms. The maximum Gasteiger partial charge on any atom is 0.289 e. The first-order valence-electron chi connectivity index (χ1n) is 10.7. The van der Waals surface area contributed by atoms with Crippen LogP contribution >= 0.6 is 0 Å². The van der Waals surface area contributed by atoms with Gasteiger partial charge in [-0.2, -0.15) is 0 Å². The molecule has 0 aromatic carbocycles. The quantitative estimate of drug-likeness (QED) is 0.864. The highest BCUT2D eigenvalue weighted by molar-refractivity contribution is 5.93. The van der Waals surface area contributed by atoms with Crippen molar-refractivity contribution >= 4 is 11.8 Å². The molecule has 6 nitrogen and oxygen atoms in total. The van der Waals surface area contributed by atoms with E-state index in [1.807, 2.05) is 12.1 Å². The highest BCUT2D eigenvalue weighted by Crippen LogP contribution is 2.49. The minimum atomic E-state index is -0.458. The lowest BCUT2D eigenvalue weighted by Gasteiger charge is -2.34. The van der Waals surface area contributed by atoms with Crippen LogP contribution in [0, 0.1) is 17.8 Å². The van der Waals surface area contributed by atoms with Crippen molar-refractivity contribution in [2.24, 2.45) is 17.8 Å². The molecule has 0 saturated heterocycles. The Morgan fingerprint density at radius 1 is 1.24 bits per heavy atom. The van der Waals surface area contributed by atoms with Crippen LogP contribution in [-0.2, 0) is 11.3 Å². The number of hydrogen-bond acceptors (Lipinski definition) is 4. The molecule has 1 N–H and O–H groups in total. The smallest absolute Gasteiger partial charge is 0.289 e. The zero-order valence-electron chi connectivity index (χ0n) is 16.7. The number of rotatable bonds is 4. The molecule has 3 aliphatic rings. The number of furan rings is 1. The number of nitrogens with one attached hydrogen (secondary N) is 1. The molecule has 152 valence electrons. The molecule has 0 radical (unpaired) electrons. The summed E-state index contributed by atoms with van der Waals surface area (Å²) < 4.78 is 5.29. The second-order valence-electron chi connectivity index (χ2n) is 8.90. The molecule has 1 aliphatic heterocycles. The van der Waals surface area contributed by atoms with Gasteiger partial charge in [-0.1, -0.05) is 12.5 Å². The summed E-state index contributed by atoms with van der Waals surface area (Å²) in [6.07, 6.45) is 8.43. The molecule has 0 spiro atoms. The zero-order valence-corrected chi connectivity index (χ0v) is 16.7. The lowest BCUT2D eigenvalue weighted by Crippen LogP contribution is -2.48. The van der Waals surface area contributed by atoms with E-state index in [0.29, 0.717) is 24.8 Å². The van der Waals surface area contributed by atoms with Crippen LogP contribution in [0.3, 0.4) is 0 Å².